The summed E-state index contributed by atoms with van der Waals surface area (Å²) in [5.74, 6) is -0.599. The maximum atomic E-state index is 14.1. The third-order valence-corrected chi connectivity index (χ3v) is 6.86. The molecule has 1 atom stereocenters. The Balaban J connectivity index is 1.95. The number of hydrogen-bond acceptors (Lipinski definition) is 3. The van der Waals surface area contributed by atoms with Crippen LogP contribution in [0.15, 0.2) is 91.0 Å². The number of carbonyl (C=O) groups excluding carboxylic acids is 1. The molecule has 3 heteroatoms. The fourth-order valence-corrected chi connectivity index (χ4v) is 4.80. The van der Waals surface area contributed by atoms with Crippen LogP contribution in [-0.2, 0) is 10.8 Å². The summed E-state index contributed by atoms with van der Waals surface area (Å²) in [4.78, 5) is 14.1. The lowest BCUT2D eigenvalue weighted by molar-refractivity contribution is 0.0971. The van der Waals surface area contributed by atoms with Crippen molar-refractivity contribution >= 4 is 5.78 Å². The molecule has 0 bridgehead atoms. The highest BCUT2D eigenvalue weighted by Gasteiger charge is 2.32. The van der Waals surface area contributed by atoms with Crippen LogP contribution >= 0.6 is 0 Å². The highest BCUT2D eigenvalue weighted by Crippen LogP contribution is 2.43. The van der Waals surface area contributed by atoms with E-state index in [1.54, 1.807) is 24.3 Å². The first-order valence-electron chi connectivity index (χ1n) is 12.7. The summed E-state index contributed by atoms with van der Waals surface area (Å²) in [5, 5.41) is 21.8. The minimum absolute atomic E-state index is 0.0377. The van der Waals surface area contributed by atoms with Crippen molar-refractivity contribution in [2.45, 2.75) is 58.3 Å². The fourth-order valence-electron chi connectivity index (χ4n) is 4.80. The van der Waals surface area contributed by atoms with Gasteiger partial charge in [0.2, 0.25) is 0 Å². The van der Waals surface area contributed by atoms with E-state index in [2.05, 4.69) is 53.7 Å². The first-order valence-corrected chi connectivity index (χ1v) is 12.7. The van der Waals surface area contributed by atoms with Gasteiger partial charge in [0.25, 0.3) is 0 Å². The van der Waals surface area contributed by atoms with Crippen molar-refractivity contribution in [1.29, 1.82) is 0 Å². The highest BCUT2D eigenvalue weighted by atomic mass is 16.3. The van der Waals surface area contributed by atoms with Gasteiger partial charge in [-0.05, 0) is 56.3 Å². The molecule has 4 aromatic rings. The van der Waals surface area contributed by atoms with Crippen molar-refractivity contribution in [3.63, 3.8) is 0 Å². The molecule has 0 radical (unpaired) electrons. The maximum absolute atomic E-state index is 14.1. The molecule has 0 saturated carbocycles. The Morgan fingerprint density at radius 3 is 1.62 bits per heavy atom. The lowest BCUT2D eigenvalue weighted by atomic mass is 9.75. The predicted molar refractivity (Wildman–Crippen MR) is 152 cm³/mol. The topological polar surface area (TPSA) is 57.5 Å². The van der Waals surface area contributed by atoms with Crippen LogP contribution in [0.1, 0.15) is 80.1 Å². The van der Waals surface area contributed by atoms with Crippen LogP contribution in [0.4, 0.5) is 0 Å². The molecule has 0 heterocycles. The number of carbonyl (C=O) groups is 1. The van der Waals surface area contributed by atoms with Crippen LogP contribution in [0.2, 0.25) is 0 Å². The molecule has 4 aromatic carbocycles. The van der Waals surface area contributed by atoms with Gasteiger partial charge in [-0.3, -0.25) is 4.79 Å². The number of hydrogen-bond donors (Lipinski definition) is 2. The Morgan fingerprint density at radius 1 is 0.622 bits per heavy atom. The molecule has 0 aliphatic carbocycles. The normalized spacial score (nSPS) is 12.8. The molecule has 0 amide bonds. The lowest BCUT2D eigenvalue weighted by Crippen LogP contribution is -2.21. The van der Waals surface area contributed by atoms with Gasteiger partial charge < -0.3 is 10.2 Å². The van der Waals surface area contributed by atoms with Gasteiger partial charge in [0.05, 0.1) is 11.5 Å². The van der Waals surface area contributed by atoms with Crippen LogP contribution in [0.5, 0.6) is 11.5 Å². The van der Waals surface area contributed by atoms with Crippen molar-refractivity contribution in [2.75, 3.05) is 0 Å². The number of phenols is 2. The van der Waals surface area contributed by atoms with Gasteiger partial charge in [0.1, 0.15) is 11.5 Å². The summed E-state index contributed by atoms with van der Waals surface area (Å²) < 4.78 is 0. The number of aromatic hydroxyl groups is 2. The average molecular weight is 493 g/mol. The van der Waals surface area contributed by atoms with E-state index in [4.69, 9.17) is 0 Å². The van der Waals surface area contributed by atoms with Crippen molar-refractivity contribution in [3.8, 4) is 22.6 Å². The van der Waals surface area contributed by atoms with Crippen LogP contribution in [0.25, 0.3) is 11.1 Å². The fraction of sp³-hybridized carbons (Fsp3) is 0.265. The highest BCUT2D eigenvalue weighted by molar-refractivity contribution is 6.05. The molecule has 0 spiro atoms. The van der Waals surface area contributed by atoms with Crippen LogP contribution < -0.4 is 0 Å². The molecule has 0 aromatic heterocycles. The van der Waals surface area contributed by atoms with E-state index in [0.29, 0.717) is 0 Å². The number of ketones is 1. The molecule has 190 valence electrons. The summed E-state index contributed by atoms with van der Waals surface area (Å²) in [6, 6.07) is 28.8. The van der Waals surface area contributed by atoms with E-state index >= 15 is 0 Å². The number of para-hydroxylation sites is 1. The van der Waals surface area contributed by atoms with Gasteiger partial charge in [-0.2, -0.15) is 0 Å². The smallest absolute Gasteiger partial charge is 0.178 e. The first-order chi connectivity index (χ1) is 17.4. The van der Waals surface area contributed by atoms with E-state index in [1.807, 2.05) is 54.6 Å². The summed E-state index contributed by atoms with van der Waals surface area (Å²) in [6.45, 7) is 12.4. The lowest BCUT2D eigenvalue weighted by Gasteiger charge is -2.30. The monoisotopic (exact) mass is 492 g/mol. The molecule has 3 nitrogen and oxygen atoms in total. The number of Topliss-reactive ketones (excluding diaryl/α,β-unsaturated/α-hetero) is 1. The third-order valence-electron chi connectivity index (χ3n) is 6.86. The number of phenolic OH excluding ortho intramolecular Hbond substituents is 2. The maximum Gasteiger partial charge on any atom is 0.178 e. The van der Waals surface area contributed by atoms with Crippen LogP contribution in [0.3, 0.4) is 0 Å². The van der Waals surface area contributed by atoms with Gasteiger partial charge in [0.15, 0.2) is 5.78 Å². The largest absolute Gasteiger partial charge is 0.507 e. The molecular formula is C34H36O3. The molecule has 0 saturated heterocycles. The first kappa shape index (κ1) is 26.2. The Labute approximate surface area is 220 Å². The van der Waals surface area contributed by atoms with Gasteiger partial charge in [-0.15, -0.1) is 0 Å². The van der Waals surface area contributed by atoms with E-state index < -0.39 is 5.92 Å². The summed E-state index contributed by atoms with van der Waals surface area (Å²) >= 11 is 0. The minimum Gasteiger partial charge on any atom is -0.507 e. The minimum atomic E-state index is -0.652. The molecule has 0 aliphatic heterocycles. The van der Waals surface area contributed by atoms with Crippen molar-refractivity contribution in [2.24, 2.45) is 0 Å². The Bertz CT molecular complexity index is 1370. The molecule has 2 N–H and O–H groups in total. The van der Waals surface area contributed by atoms with Crippen molar-refractivity contribution in [3.05, 3.63) is 119 Å². The van der Waals surface area contributed by atoms with E-state index in [1.165, 1.54) is 0 Å². The molecule has 4 rings (SSSR count). The zero-order valence-electron chi connectivity index (χ0n) is 22.5. The summed E-state index contributed by atoms with van der Waals surface area (Å²) in [6.07, 6.45) is 0. The van der Waals surface area contributed by atoms with Crippen LogP contribution in [-0.4, -0.2) is 16.0 Å². The Kier molecular flexibility index (Phi) is 7.01. The quantitative estimate of drug-likeness (QED) is 0.275. The summed E-state index contributed by atoms with van der Waals surface area (Å²) in [5.41, 5.74) is 5.01. The SMILES string of the molecule is CC(C)(C)c1cc(C(C(=O)c2ccccc2O)c2ccc(-c3ccccc3)cc2)cc(C(C)(C)C)c1O. The van der Waals surface area contributed by atoms with E-state index in [9.17, 15) is 15.0 Å². The standard InChI is InChI=1S/C34H36O3/c1-33(2,3)27-20-25(21-28(32(27)37)34(4,5)6)30(31(36)26-14-10-11-15-29(26)35)24-18-16-23(17-19-24)22-12-8-7-9-13-22/h7-21,30,35,37H,1-6H3. The van der Waals surface area contributed by atoms with Crippen LogP contribution in [0, 0.1) is 0 Å². The second-order valence-electron chi connectivity index (χ2n) is 11.8. The molecule has 1 unspecified atom stereocenters. The van der Waals surface area contributed by atoms with Crippen molar-refractivity contribution < 1.29 is 15.0 Å². The van der Waals surface area contributed by atoms with Gasteiger partial charge in [-0.1, -0.05) is 120 Å². The van der Waals surface area contributed by atoms with E-state index in [0.717, 1.165) is 33.4 Å². The molecule has 37 heavy (non-hydrogen) atoms. The van der Waals surface area contributed by atoms with Crippen molar-refractivity contribution in [1.82, 2.24) is 0 Å². The summed E-state index contributed by atoms with van der Waals surface area (Å²) in [7, 11) is 0. The molecule has 0 aliphatic rings. The Morgan fingerprint density at radius 2 is 1.11 bits per heavy atom. The zero-order valence-corrected chi connectivity index (χ0v) is 22.5. The number of rotatable bonds is 5. The predicted octanol–water partition coefficient (Wildman–Crippen LogP) is 8.37. The van der Waals surface area contributed by atoms with E-state index in [-0.39, 0.29) is 33.7 Å². The average Bonchev–Trinajstić information content (AvgIpc) is 2.85. The third kappa shape index (κ3) is 5.46. The molecular weight excluding hydrogens is 456 g/mol. The molecule has 0 fully saturated rings. The van der Waals surface area contributed by atoms with Gasteiger partial charge >= 0.3 is 0 Å². The number of benzene rings is 4. The van der Waals surface area contributed by atoms with Gasteiger partial charge in [0, 0.05) is 0 Å². The Hall–Kier alpha value is -3.85. The zero-order chi connectivity index (χ0) is 27.0. The second-order valence-corrected chi connectivity index (χ2v) is 11.8. The van der Waals surface area contributed by atoms with Gasteiger partial charge in [-0.25, -0.2) is 0 Å². The second kappa shape index (κ2) is 9.89.